The first-order valence-corrected chi connectivity index (χ1v) is 10.3. The molecule has 0 unspecified atom stereocenters. The molecule has 1 amide bonds. The molecule has 7 nitrogen and oxygen atoms in total. The van der Waals surface area contributed by atoms with E-state index in [4.69, 9.17) is 4.52 Å². The molecule has 1 N–H and O–H groups in total. The number of hydrogen-bond acceptors (Lipinski definition) is 5. The molecule has 7 heteroatoms. The average Bonchev–Trinajstić information content (AvgIpc) is 3.38. The van der Waals surface area contributed by atoms with Gasteiger partial charge in [0.05, 0.1) is 0 Å². The molecule has 1 aliphatic rings. The van der Waals surface area contributed by atoms with Crippen molar-refractivity contribution in [3.63, 3.8) is 0 Å². The summed E-state index contributed by atoms with van der Waals surface area (Å²) >= 11 is 0. The van der Waals surface area contributed by atoms with E-state index in [0.29, 0.717) is 11.4 Å². The zero-order valence-corrected chi connectivity index (χ0v) is 17.6. The number of nitrogens with one attached hydrogen (secondary N) is 1. The molecule has 156 valence electrons. The lowest BCUT2D eigenvalue weighted by atomic mass is 10.1. The third-order valence-corrected chi connectivity index (χ3v) is 5.68. The summed E-state index contributed by atoms with van der Waals surface area (Å²) in [6.07, 6.45) is 4.28. The van der Waals surface area contributed by atoms with Gasteiger partial charge in [-0.1, -0.05) is 47.8 Å². The molecule has 1 aromatic carbocycles. The van der Waals surface area contributed by atoms with Crippen molar-refractivity contribution in [1.29, 1.82) is 0 Å². The predicted octanol–water partition coefficient (Wildman–Crippen LogP) is 3.55. The van der Waals surface area contributed by atoms with Crippen LogP contribution in [0.2, 0.25) is 0 Å². The first-order chi connectivity index (χ1) is 14.4. The van der Waals surface area contributed by atoms with Gasteiger partial charge in [0.2, 0.25) is 11.7 Å². The fraction of sp³-hybridized carbons (Fsp3) is 0.391. The second-order valence-electron chi connectivity index (χ2n) is 8.07. The Morgan fingerprint density at radius 2 is 1.87 bits per heavy atom. The fourth-order valence-corrected chi connectivity index (χ4v) is 4.02. The SMILES string of the molecule is Cc1ccc(-c2noc(-c3c(C)cc(C)n(CC(=O)NC4CCCC4)c3=O)n2)cc1. The largest absolute Gasteiger partial charge is 0.352 e. The zero-order chi connectivity index (χ0) is 21.3. The van der Waals surface area contributed by atoms with Gasteiger partial charge in [-0.05, 0) is 45.2 Å². The Kier molecular flexibility index (Phi) is 5.53. The van der Waals surface area contributed by atoms with Crippen LogP contribution in [-0.2, 0) is 11.3 Å². The van der Waals surface area contributed by atoms with E-state index in [0.717, 1.165) is 48.1 Å². The van der Waals surface area contributed by atoms with E-state index in [2.05, 4.69) is 15.5 Å². The molecule has 0 bridgehead atoms. The quantitative estimate of drug-likeness (QED) is 0.700. The van der Waals surface area contributed by atoms with E-state index in [9.17, 15) is 9.59 Å². The van der Waals surface area contributed by atoms with Gasteiger partial charge in [-0.15, -0.1) is 0 Å². The molecule has 1 fully saturated rings. The summed E-state index contributed by atoms with van der Waals surface area (Å²) in [6.45, 7) is 5.65. The van der Waals surface area contributed by atoms with Crippen molar-refractivity contribution in [2.24, 2.45) is 0 Å². The minimum Gasteiger partial charge on any atom is -0.352 e. The highest BCUT2D eigenvalue weighted by Gasteiger charge is 2.22. The van der Waals surface area contributed by atoms with Gasteiger partial charge in [-0.3, -0.25) is 9.59 Å². The number of carbonyl (C=O) groups is 1. The second kappa shape index (κ2) is 8.26. The number of aromatic nitrogens is 3. The molecule has 0 saturated heterocycles. The van der Waals surface area contributed by atoms with Crippen molar-refractivity contribution in [1.82, 2.24) is 20.0 Å². The maximum absolute atomic E-state index is 13.2. The Bertz CT molecular complexity index is 1120. The highest BCUT2D eigenvalue weighted by Crippen LogP contribution is 2.23. The van der Waals surface area contributed by atoms with Gasteiger partial charge < -0.3 is 14.4 Å². The molecular formula is C23H26N4O3. The topological polar surface area (TPSA) is 90.0 Å². The zero-order valence-electron chi connectivity index (χ0n) is 17.6. The summed E-state index contributed by atoms with van der Waals surface area (Å²) in [5.41, 5.74) is 3.45. The summed E-state index contributed by atoms with van der Waals surface area (Å²) in [4.78, 5) is 30.2. The number of pyridine rings is 1. The molecular weight excluding hydrogens is 380 g/mol. The van der Waals surface area contributed by atoms with Crippen LogP contribution in [0.1, 0.15) is 42.5 Å². The lowest BCUT2D eigenvalue weighted by Crippen LogP contribution is -2.38. The number of amides is 1. The minimum absolute atomic E-state index is 0.0204. The van der Waals surface area contributed by atoms with Crippen LogP contribution in [0.25, 0.3) is 22.8 Å². The van der Waals surface area contributed by atoms with E-state index >= 15 is 0 Å². The Morgan fingerprint density at radius 1 is 1.17 bits per heavy atom. The Labute approximate surface area is 175 Å². The van der Waals surface area contributed by atoms with Crippen molar-refractivity contribution in [2.45, 2.75) is 59.0 Å². The van der Waals surface area contributed by atoms with E-state index in [-0.39, 0.29) is 29.9 Å². The van der Waals surface area contributed by atoms with Crippen LogP contribution in [0, 0.1) is 20.8 Å². The van der Waals surface area contributed by atoms with Crippen molar-refractivity contribution in [3.8, 4) is 22.8 Å². The van der Waals surface area contributed by atoms with Crippen LogP contribution < -0.4 is 10.9 Å². The molecule has 0 spiro atoms. The van der Waals surface area contributed by atoms with E-state index < -0.39 is 0 Å². The van der Waals surface area contributed by atoms with Crippen LogP contribution in [0.3, 0.4) is 0 Å². The summed E-state index contributed by atoms with van der Waals surface area (Å²) in [5.74, 6) is 0.445. The smallest absolute Gasteiger partial charge is 0.264 e. The Balaban J connectivity index is 1.64. The number of carbonyl (C=O) groups excluding carboxylic acids is 1. The summed E-state index contributed by atoms with van der Waals surface area (Å²) in [5, 5.41) is 7.08. The average molecular weight is 406 g/mol. The highest BCUT2D eigenvalue weighted by atomic mass is 16.5. The summed E-state index contributed by atoms with van der Waals surface area (Å²) < 4.78 is 6.90. The van der Waals surface area contributed by atoms with E-state index in [1.165, 1.54) is 4.57 Å². The summed E-state index contributed by atoms with van der Waals surface area (Å²) in [6, 6.07) is 9.85. The molecule has 4 rings (SSSR count). The molecule has 2 aromatic heterocycles. The van der Waals surface area contributed by atoms with Crippen LogP contribution >= 0.6 is 0 Å². The standard InChI is InChI=1S/C23H26N4O3/c1-14-8-10-17(11-9-14)21-25-22(30-26-21)20-15(2)12-16(3)27(23(20)29)13-19(28)24-18-6-4-5-7-18/h8-12,18H,4-7,13H2,1-3H3,(H,24,28). The van der Waals surface area contributed by atoms with Crippen molar-refractivity contribution >= 4 is 5.91 Å². The van der Waals surface area contributed by atoms with Crippen LogP contribution in [0.5, 0.6) is 0 Å². The van der Waals surface area contributed by atoms with Gasteiger partial charge in [-0.25, -0.2) is 0 Å². The van der Waals surface area contributed by atoms with Crippen LogP contribution in [0.4, 0.5) is 0 Å². The van der Waals surface area contributed by atoms with Gasteiger partial charge in [0.15, 0.2) is 0 Å². The maximum Gasteiger partial charge on any atom is 0.264 e. The normalized spacial score (nSPS) is 14.2. The number of aryl methyl sites for hydroxylation is 3. The number of nitrogens with zero attached hydrogens (tertiary/aromatic N) is 3. The third-order valence-electron chi connectivity index (χ3n) is 5.68. The first-order valence-electron chi connectivity index (χ1n) is 10.3. The van der Waals surface area contributed by atoms with E-state index in [1.807, 2.05) is 51.1 Å². The Hall–Kier alpha value is -3.22. The molecule has 0 atom stereocenters. The van der Waals surface area contributed by atoms with Gasteiger partial charge >= 0.3 is 0 Å². The fourth-order valence-electron chi connectivity index (χ4n) is 4.02. The number of benzene rings is 1. The second-order valence-corrected chi connectivity index (χ2v) is 8.07. The van der Waals surface area contributed by atoms with Crippen molar-refractivity contribution < 1.29 is 9.32 Å². The predicted molar refractivity (Wildman–Crippen MR) is 114 cm³/mol. The molecule has 3 aromatic rings. The Morgan fingerprint density at radius 3 is 2.57 bits per heavy atom. The van der Waals surface area contributed by atoms with Gasteiger partial charge in [0, 0.05) is 17.3 Å². The molecule has 2 heterocycles. The van der Waals surface area contributed by atoms with Gasteiger partial charge in [0.1, 0.15) is 12.1 Å². The number of hydrogen-bond donors (Lipinski definition) is 1. The van der Waals surface area contributed by atoms with Crippen molar-refractivity contribution in [2.75, 3.05) is 0 Å². The maximum atomic E-state index is 13.2. The molecule has 0 radical (unpaired) electrons. The van der Waals surface area contributed by atoms with Crippen molar-refractivity contribution in [3.05, 3.63) is 57.5 Å². The van der Waals surface area contributed by atoms with Gasteiger partial charge in [0.25, 0.3) is 11.4 Å². The van der Waals surface area contributed by atoms with Crippen LogP contribution in [-0.4, -0.2) is 26.7 Å². The first kappa shape index (κ1) is 20.1. The molecule has 0 aliphatic heterocycles. The molecule has 30 heavy (non-hydrogen) atoms. The minimum atomic E-state index is -0.298. The lowest BCUT2D eigenvalue weighted by Gasteiger charge is -2.15. The third kappa shape index (κ3) is 4.06. The molecule has 1 saturated carbocycles. The molecule has 1 aliphatic carbocycles. The van der Waals surface area contributed by atoms with Crippen LogP contribution in [0.15, 0.2) is 39.6 Å². The monoisotopic (exact) mass is 406 g/mol. The summed E-state index contributed by atoms with van der Waals surface area (Å²) in [7, 11) is 0. The lowest BCUT2D eigenvalue weighted by molar-refractivity contribution is -0.122. The number of rotatable bonds is 5. The van der Waals surface area contributed by atoms with E-state index in [1.54, 1.807) is 0 Å². The van der Waals surface area contributed by atoms with Gasteiger partial charge in [-0.2, -0.15) is 4.98 Å². The highest BCUT2D eigenvalue weighted by molar-refractivity contribution is 5.76.